The van der Waals surface area contributed by atoms with E-state index in [2.05, 4.69) is 25.4 Å². The second kappa shape index (κ2) is 12.5. The summed E-state index contributed by atoms with van der Waals surface area (Å²) >= 11 is 0. The van der Waals surface area contributed by atoms with Crippen molar-refractivity contribution in [2.45, 2.75) is 50.8 Å². The number of nitrogens with one attached hydrogen (secondary N) is 2. The van der Waals surface area contributed by atoms with Crippen molar-refractivity contribution in [1.82, 2.24) is 29.9 Å². The van der Waals surface area contributed by atoms with Crippen molar-refractivity contribution < 1.29 is 42.5 Å². The van der Waals surface area contributed by atoms with Crippen LogP contribution >= 0.6 is 7.75 Å². The number of aromatic nitrogens is 4. The van der Waals surface area contributed by atoms with Crippen molar-refractivity contribution in [3.8, 4) is 11.6 Å². The molecule has 7 N–H and O–H groups in total. The van der Waals surface area contributed by atoms with Gasteiger partial charge in [0.1, 0.15) is 29.5 Å². The number of carbonyl (C=O) groups excluding carboxylic acids is 2. The number of amides is 2. The van der Waals surface area contributed by atoms with Crippen LogP contribution in [0, 0.1) is 0 Å². The van der Waals surface area contributed by atoms with E-state index < -0.39 is 56.4 Å². The summed E-state index contributed by atoms with van der Waals surface area (Å²) in [4.78, 5) is 36.7. The summed E-state index contributed by atoms with van der Waals surface area (Å²) in [6.07, 6.45) is -2.50. The van der Waals surface area contributed by atoms with E-state index in [1.807, 2.05) is 0 Å². The molecule has 0 bridgehead atoms. The molecule has 18 heteroatoms. The van der Waals surface area contributed by atoms with Gasteiger partial charge in [0.25, 0.3) is 0 Å². The number of methoxy groups -OCH3 is 1. The van der Waals surface area contributed by atoms with Crippen molar-refractivity contribution in [3.63, 3.8) is 0 Å². The molecule has 228 valence electrons. The maximum Gasteiger partial charge on any atom is 0.459 e. The van der Waals surface area contributed by atoms with Gasteiger partial charge < -0.3 is 40.6 Å². The zero-order valence-electron chi connectivity index (χ0n) is 23.3. The quantitative estimate of drug-likeness (QED) is 0.142. The summed E-state index contributed by atoms with van der Waals surface area (Å²) in [5.41, 5.74) is 10.2. The van der Waals surface area contributed by atoms with E-state index in [1.165, 1.54) is 31.9 Å². The maximum absolute atomic E-state index is 13.8. The largest absolute Gasteiger partial charge is 0.476 e. The molecule has 3 heterocycles. The summed E-state index contributed by atoms with van der Waals surface area (Å²) in [7, 11) is -3.10. The standard InChI is InChI=1S/C24H33N8O9P/c1-5-38-19-16-18(28-22(25)29-19)32(12-27-16)21-24(3,30-23(26)35)17(33)15(40-21)11-39-42(36,31-13(2)20(34)37-4)41-14-9-7-6-8-10-14/h6-10,12-13,15,17,21,33H,5,11H2,1-4H3,(H,31,36)(H2,25,28,29)(H3,26,30,35)/t13-,15+,17+,21+,24+,42?/m0/s1. The number of nitrogen functional groups attached to an aromatic ring is 1. The Morgan fingerprint density at radius 2 is 2.00 bits per heavy atom. The molecule has 0 spiro atoms. The number of nitrogens with two attached hydrogens (primary N) is 2. The number of aliphatic hydroxyl groups is 1. The third kappa shape index (κ3) is 6.39. The average Bonchev–Trinajstić information content (AvgIpc) is 3.45. The summed E-state index contributed by atoms with van der Waals surface area (Å²) < 4.78 is 42.9. The molecule has 1 unspecified atom stereocenters. The van der Waals surface area contributed by atoms with Crippen LogP contribution in [0.2, 0.25) is 0 Å². The predicted octanol–water partition coefficient (Wildman–Crippen LogP) is 0.847. The van der Waals surface area contributed by atoms with Gasteiger partial charge in [-0.05, 0) is 32.9 Å². The minimum atomic E-state index is -4.28. The van der Waals surface area contributed by atoms with Crippen LogP contribution in [0.25, 0.3) is 11.2 Å². The van der Waals surface area contributed by atoms with Crippen molar-refractivity contribution in [2.75, 3.05) is 26.1 Å². The molecular formula is C24H33N8O9P. The molecule has 0 saturated carbocycles. The highest BCUT2D eigenvalue weighted by molar-refractivity contribution is 7.52. The number of anilines is 1. The van der Waals surface area contributed by atoms with Crippen LogP contribution in [0.4, 0.5) is 10.7 Å². The van der Waals surface area contributed by atoms with Gasteiger partial charge >= 0.3 is 19.7 Å². The van der Waals surface area contributed by atoms with E-state index >= 15 is 0 Å². The molecule has 1 aliphatic rings. The van der Waals surface area contributed by atoms with Crippen LogP contribution in [0.3, 0.4) is 0 Å². The molecule has 1 fully saturated rings. The van der Waals surface area contributed by atoms with E-state index in [9.17, 15) is 19.3 Å². The minimum absolute atomic E-state index is 0.111. The number of ether oxygens (including phenoxy) is 3. The van der Waals surface area contributed by atoms with Crippen LogP contribution in [0.1, 0.15) is 27.0 Å². The SMILES string of the molecule is CCOc1nc(N)nc2c1ncn2[C@@H]1O[C@H](COP(=O)(N[C@@H](C)C(=O)OC)Oc2ccccc2)[C@@H](O)[C@@]1(C)NC(N)=O. The second-order valence-electron chi connectivity index (χ2n) is 9.46. The second-order valence-corrected chi connectivity index (χ2v) is 11.2. The first kappa shape index (κ1) is 30.9. The summed E-state index contributed by atoms with van der Waals surface area (Å²) in [5, 5.41) is 16.4. The monoisotopic (exact) mass is 608 g/mol. The van der Waals surface area contributed by atoms with Crippen LogP contribution in [0.15, 0.2) is 36.7 Å². The lowest BCUT2D eigenvalue weighted by molar-refractivity contribution is -0.142. The molecule has 0 radical (unpaired) electrons. The zero-order chi connectivity index (χ0) is 30.7. The lowest BCUT2D eigenvalue weighted by Crippen LogP contribution is -2.58. The number of para-hydroxylation sites is 1. The lowest BCUT2D eigenvalue weighted by atomic mass is 9.92. The first-order valence-corrected chi connectivity index (χ1v) is 14.3. The molecule has 6 atom stereocenters. The number of nitrogens with zero attached hydrogens (tertiary/aromatic N) is 4. The van der Waals surface area contributed by atoms with Crippen LogP contribution in [-0.2, 0) is 23.4 Å². The zero-order valence-corrected chi connectivity index (χ0v) is 24.2. The highest BCUT2D eigenvalue weighted by Crippen LogP contribution is 2.47. The minimum Gasteiger partial charge on any atom is -0.476 e. The molecule has 4 rings (SSSR count). The third-order valence-electron chi connectivity index (χ3n) is 6.40. The molecule has 0 aliphatic carbocycles. The smallest absolute Gasteiger partial charge is 0.459 e. The van der Waals surface area contributed by atoms with Crippen molar-refractivity contribution in [1.29, 1.82) is 0 Å². The number of hydrogen-bond acceptors (Lipinski definition) is 13. The Labute approximate surface area is 240 Å². The summed E-state index contributed by atoms with van der Waals surface area (Å²) in [5.74, 6) is -0.513. The summed E-state index contributed by atoms with van der Waals surface area (Å²) in [6, 6.07) is 6.08. The number of esters is 1. The van der Waals surface area contributed by atoms with Gasteiger partial charge in [0, 0.05) is 0 Å². The number of fused-ring (bicyclic) bond motifs is 1. The number of urea groups is 1. The fourth-order valence-corrected chi connectivity index (χ4v) is 5.97. The first-order chi connectivity index (χ1) is 19.9. The number of imidazole rings is 1. The Morgan fingerprint density at radius 1 is 1.29 bits per heavy atom. The van der Waals surface area contributed by atoms with E-state index in [0.29, 0.717) is 0 Å². The van der Waals surface area contributed by atoms with Gasteiger partial charge in [-0.2, -0.15) is 15.1 Å². The van der Waals surface area contributed by atoms with Gasteiger partial charge in [-0.25, -0.2) is 14.3 Å². The lowest BCUT2D eigenvalue weighted by Gasteiger charge is -2.33. The highest BCUT2D eigenvalue weighted by Gasteiger charge is 2.56. The molecule has 3 aromatic rings. The Balaban J connectivity index is 1.65. The summed E-state index contributed by atoms with van der Waals surface area (Å²) in [6.45, 7) is 4.43. The molecule has 2 amide bonds. The van der Waals surface area contributed by atoms with Gasteiger partial charge in [-0.1, -0.05) is 18.2 Å². The van der Waals surface area contributed by atoms with E-state index in [1.54, 1.807) is 37.3 Å². The number of carbonyl (C=O) groups is 2. The number of aliphatic hydroxyl groups excluding tert-OH is 1. The van der Waals surface area contributed by atoms with E-state index in [-0.39, 0.29) is 35.3 Å². The van der Waals surface area contributed by atoms with Crippen LogP contribution in [-0.4, -0.2) is 80.7 Å². The Morgan fingerprint density at radius 3 is 2.64 bits per heavy atom. The van der Waals surface area contributed by atoms with Gasteiger partial charge in [-0.3, -0.25) is 13.9 Å². The molecule has 1 aliphatic heterocycles. The molecule has 1 saturated heterocycles. The van der Waals surface area contributed by atoms with Crippen molar-refractivity contribution in [3.05, 3.63) is 36.7 Å². The molecule has 1 aromatic carbocycles. The maximum atomic E-state index is 13.8. The highest BCUT2D eigenvalue weighted by atomic mass is 31.2. The normalized spacial score (nSPS) is 24.1. The molecule has 42 heavy (non-hydrogen) atoms. The van der Waals surface area contributed by atoms with Crippen molar-refractivity contribution in [2.24, 2.45) is 5.73 Å². The Kier molecular flexibility index (Phi) is 9.18. The van der Waals surface area contributed by atoms with Crippen molar-refractivity contribution >= 4 is 36.9 Å². The number of rotatable bonds is 12. The van der Waals surface area contributed by atoms with Crippen LogP contribution < -0.4 is 31.1 Å². The fraction of sp³-hybridized carbons (Fsp3) is 0.458. The fourth-order valence-electron chi connectivity index (χ4n) is 4.46. The number of benzene rings is 1. The van der Waals surface area contributed by atoms with Gasteiger partial charge in [0.2, 0.25) is 11.8 Å². The Hall–Kier alpha value is -4.02. The molecule has 17 nitrogen and oxygen atoms in total. The Bertz CT molecular complexity index is 1470. The predicted molar refractivity (Wildman–Crippen MR) is 147 cm³/mol. The van der Waals surface area contributed by atoms with Gasteiger partial charge in [-0.15, -0.1) is 0 Å². The molecular weight excluding hydrogens is 575 g/mol. The number of hydrogen-bond donors (Lipinski definition) is 5. The van der Waals surface area contributed by atoms with Gasteiger partial charge in [0.05, 0.1) is 26.7 Å². The number of primary amides is 1. The average molecular weight is 609 g/mol. The van der Waals surface area contributed by atoms with Gasteiger partial charge in [0.15, 0.2) is 17.4 Å². The van der Waals surface area contributed by atoms with E-state index in [4.69, 9.17) is 34.7 Å². The van der Waals surface area contributed by atoms with Crippen LogP contribution in [0.5, 0.6) is 11.6 Å². The van der Waals surface area contributed by atoms with E-state index in [0.717, 1.165) is 0 Å². The molecule has 2 aromatic heterocycles. The first-order valence-electron chi connectivity index (χ1n) is 12.8. The third-order valence-corrected chi connectivity index (χ3v) is 8.04. The topological polar surface area (TPSA) is 237 Å².